The Bertz CT molecular complexity index is 559. The minimum absolute atomic E-state index is 0.430. The number of aliphatic imine (C=N–C) groups is 1. The Morgan fingerprint density at radius 2 is 1.83 bits per heavy atom. The van der Waals surface area contributed by atoms with E-state index in [1.54, 1.807) is 0 Å². The molecule has 0 spiro atoms. The predicted octanol–water partition coefficient (Wildman–Crippen LogP) is 1.11. The first kappa shape index (κ1) is 19.4. The molecular weight excluding hydrogens is 312 g/mol. The molecule has 0 amide bonds. The molecule has 0 fully saturated rings. The molecular formula is C16H28N4O2S. The van der Waals surface area contributed by atoms with E-state index in [0.29, 0.717) is 19.5 Å². The first-order valence-electron chi connectivity index (χ1n) is 8.02. The second-order valence-electron chi connectivity index (χ2n) is 5.30. The fourth-order valence-electron chi connectivity index (χ4n) is 2.01. The number of guanidine groups is 1. The smallest absolute Gasteiger partial charge is 0.208 e. The van der Waals surface area contributed by atoms with E-state index in [0.717, 1.165) is 31.9 Å². The van der Waals surface area contributed by atoms with Gasteiger partial charge in [0.1, 0.15) is 0 Å². The van der Waals surface area contributed by atoms with E-state index in [1.807, 2.05) is 13.0 Å². The summed E-state index contributed by atoms with van der Waals surface area (Å²) in [4.78, 5) is 4.53. The van der Waals surface area contributed by atoms with Gasteiger partial charge in [-0.3, -0.25) is 4.99 Å². The van der Waals surface area contributed by atoms with Gasteiger partial charge in [-0.2, -0.15) is 0 Å². The van der Waals surface area contributed by atoms with E-state index in [1.165, 1.54) is 11.8 Å². The quantitative estimate of drug-likeness (QED) is 0.339. The second-order valence-corrected chi connectivity index (χ2v) is 7.13. The Morgan fingerprint density at radius 1 is 1.09 bits per heavy atom. The molecule has 1 aromatic carbocycles. The van der Waals surface area contributed by atoms with Gasteiger partial charge in [0.25, 0.3) is 0 Å². The Balaban J connectivity index is 2.24. The van der Waals surface area contributed by atoms with E-state index >= 15 is 0 Å². The number of rotatable bonds is 10. The van der Waals surface area contributed by atoms with Crippen LogP contribution in [0.3, 0.4) is 0 Å². The van der Waals surface area contributed by atoms with Gasteiger partial charge in [0, 0.05) is 26.2 Å². The van der Waals surface area contributed by atoms with E-state index in [2.05, 4.69) is 44.6 Å². The minimum Gasteiger partial charge on any atom is -0.357 e. The van der Waals surface area contributed by atoms with Crippen LogP contribution < -0.4 is 15.4 Å². The summed E-state index contributed by atoms with van der Waals surface area (Å²) in [5.74, 6) is 0.778. The van der Waals surface area contributed by atoms with Crippen LogP contribution in [-0.4, -0.2) is 46.8 Å². The largest absolute Gasteiger partial charge is 0.357 e. The van der Waals surface area contributed by atoms with Gasteiger partial charge in [0.15, 0.2) is 5.96 Å². The summed E-state index contributed by atoms with van der Waals surface area (Å²) in [5.41, 5.74) is 1.33. The summed E-state index contributed by atoms with van der Waals surface area (Å²) < 4.78 is 24.4. The lowest BCUT2D eigenvalue weighted by Crippen LogP contribution is -2.38. The van der Waals surface area contributed by atoms with Gasteiger partial charge in [-0.15, -0.1) is 0 Å². The Hall–Kier alpha value is -1.60. The zero-order valence-electron chi connectivity index (χ0n) is 14.0. The van der Waals surface area contributed by atoms with Gasteiger partial charge in [-0.25, -0.2) is 13.1 Å². The highest BCUT2D eigenvalue weighted by Crippen LogP contribution is 2.02. The van der Waals surface area contributed by atoms with E-state index in [9.17, 15) is 8.42 Å². The summed E-state index contributed by atoms with van der Waals surface area (Å²) in [6.07, 6.45) is 3.89. The summed E-state index contributed by atoms with van der Waals surface area (Å²) in [5, 5.41) is 6.40. The molecule has 0 heterocycles. The number of hydrogen-bond donors (Lipinski definition) is 3. The maximum absolute atomic E-state index is 11.0. The van der Waals surface area contributed by atoms with Crippen LogP contribution in [0, 0.1) is 0 Å². The second kappa shape index (κ2) is 11.0. The van der Waals surface area contributed by atoms with Crippen LogP contribution in [-0.2, 0) is 16.4 Å². The molecule has 23 heavy (non-hydrogen) atoms. The molecule has 0 bridgehead atoms. The fourth-order valence-corrected chi connectivity index (χ4v) is 2.53. The molecule has 7 heteroatoms. The molecule has 0 aliphatic carbocycles. The molecule has 1 aromatic rings. The molecule has 6 nitrogen and oxygen atoms in total. The molecule has 130 valence electrons. The minimum atomic E-state index is -3.10. The molecule has 0 aliphatic rings. The molecule has 0 aromatic heterocycles. The summed E-state index contributed by atoms with van der Waals surface area (Å²) in [7, 11) is -3.10. The van der Waals surface area contributed by atoms with E-state index in [-0.39, 0.29) is 0 Å². The van der Waals surface area contributed by atoms with Crippen molar-refractivity contribution in [3.63, 3.8) is 0 Å². The van der Waals surface area contributed by atoms with Crippen LogP contribution in [0.25, 0.3) is 0 Å². The van der Waals surface area contributed by atoms with Crippen molar-refractivity contribution in [2.45, 2.75) is 26.2 Å². The lowest BCUT2D eigenvalue weighted by Gasteiger charge is -2.11. The molecule has 0 saturated carbocycles. The third kappa shape index (κ3) is 10.7. The van der Waals surface area contributed by atoms with Gasteiger partial charge < -0.3 is 10.6 Å². The molecule has 3 N–H and O–H groups in total. The van der Waals surface area contributed by atoms with Crippen molar-refractivity contribution in [3.05, 3.63) is 35.9 Å². The van der Waals surface area contributed by atoms with Crippen LogP contribution in [0.4, 0.5) is 0 Å². The van der Waals surface area contributed by atoms with E-state index in [4.69, 9.17) is 0 Å². The lowest BCUT2D eigenvalue weighted by molar-refractivity contribution is 0.584. The predicted molar refractivity (Wildman–Crippen MR) is 96.2 cm³/mol. The zero-order chi connectivity index (χ0) is 17.0. The monoisotopic (exact) mass is 340 g/mol. The van der Waals surface area contributed by atoms with E-state index < -0.39 is 10.0 Å². The van der Waals surface area contributed by atoms with Gasteiger partial charge in [0.05, 0.1) is 6.26 Å². The summed E-state index contributed by atoms with van der Waals surface area (Å²) in [6.45, 7) is 4.68. The maximum atomic E-state index is 11.0. The Labute approximate surface area is 139 Å². The van der Waals surface area contributed by atoms with Crippen LogP contribution >= 0.6 is 0 Å². The van der Waals surface area contributed by atoms with Crippen molar-refractivity contribution in [3.8, 4) is 0 Å². The third-order valence-electron chi connectivity index (χ3n) is 3.09. The molecule has 0 saturated heterocycles. The van der Waals surface area contributed by atoms with Crippen molar-refractivity contribution in [1.82, 2.24) is 15.4 Å². The fraction of sp³-hybridized carbons (Fsp3) is 0.562. The number of nitrogens with zero attached hydrogens (tertiary/aromatic N) is 1. The van der Waals surface area contributed by atoms with Crippen molar-refractivity contribution in [1.29, 1.82) is 0 Å². The maximum Gasteiger partial charge on any atom is 0.208 e. The Kier molecular flexibility index (Phi) is 9.31. The standard InChI is InChI=1S/C16H28N4O2S/c1-3-17-16(19-13-8-14-20-23(2,21)22)18-12-7-11-15-9-5-4-6-10-15/h4-6,9-10,20H,3,7-8,11-14H2,1-2H3,(H2,17,18,19). The van der Waals surface area contributed by atoms with Crippen LogP contribution in [0.5, 0.6) is 0 Å². The molecule has 0 radical (unpaired) electrons. The average Bonchev–Trinajstić information content (AvgIpc) is 2.51. The number of sulfonamides is 1. The first-order valence-corrected chi connectivity index (χ1v) is 9.91. The third-order valence-corrected chi connectivity index (χ3v) is 3.82. The summed E-state index contributed by atoms with van der Waals surface area (Å²) >= 11 is 0. The number of hydrogen-bond acceptors (Lipinski definition) is 3. The van der Waals surface area contributed by atoms with Gasteiger partial charge in [-0.05, 0) is 31.7 Å². The van der Waals surface area contributed by atoms with Crippen LogP contribution in [0.1, 0.15) is 25.3 Å². The van der Waals surface area contributed by atoms with Crippen molar-refractivity contribution in [2.24, 2.45) is 4.99 Å². The zero-order valence-corrected chi connectivity index (χ0v) is 14.8. The van der Waals surface area contributed by atoms with Crippen molar-refractivity contribution >= 4 is 16.0 Å². The lowest BCUT2D eigenvalue weighted by atomic mass is 10.1. The highest BCUT2D eigenvalue weighted by Gasteiger charge is 2.00. The van der Waals surface area contributed by atoms with Crippen molar-refractivity contribution in [2.75, 3.05) is 32.4 Å². The number of aryl methyl sites for hydroxylation is 1. The average molecular weight is 340 g/mol. The highest BCUT2D eigenvalue weighted by atomic mass is 32.2. The molecule has 0 aliphatic heterocycles. The Morgan fingerprint density at radius 3 is 2.48 bits per heavy atom. The van der Waals surface area contributed by atoms with Gasteiger partial charge >= 0.3 is 0 Å². The van der Waals surface area contributed by atoms with Crippen LogP contribution in [0.15, 0.2) is 35.3 Å². The summed E-state index contributed by atoms with van der Waals surface area (Å²) in [6, 6.07) is 10.4. The molecule has 0 unspecified atom stereocenters. The molecule has 1 rings (SSSR count). The van der Waals surface area contributed by atoms with Crippen molar-refractivity contribution < 1.29 is 8.42 Å². The molecule has 0 atom stereocenters. The normalized spacial score (nSPS) is 12.2. The SMILES string of the molecule is CCNC(=NCCCc1ccccc1)NCCCNS(C)(=O)=O. The highest BCUT2D eigenvalue weighted by molar-refractivity contribution is 7.88. The van der Waals surface area contributed by atoms with Gasteiger partial charge in [0.2, 0.25) is 10.0 Å². The topological polar surface area (TPSA) is 82.6 Å². The number of nitrogens with one attached hydrogen (secondary N) is 3. The first-order chi connectivity index (χ1) is 11.0. The van der Waals surface area contributed by atoms with Gasteiger partial charge in [-0.1, -0.05) is 30.3 Å². The number of benzene rings is 1. The van der Waals surface area contributed by atoms with Crippen LogP contribution in [0.2, 0.25) is 0 Å².